The van der Waals surface area contributed by atoms with E-state index in [0.29, 0.717) is 17.3 Å². The fourth-order valence-corrected chi connectivity index (χ4v) is 2.59. The summed E-state index contributed by atoms with van der Waals surface area (Å²) in [5, 5.41) is 3.71. The number of rotatable bonds is 5. The SMILES string of the molecule is COc1ccc2nc(NNC(=O)Nc3ccccc3OC)cc(C)c2c1. The first-order valence-electron chi connectivity index (χ1n) is 8.02. The van der Waals surface area contributed by atoms with Crippen LogP contribution in [0, 0.1) is 6.92 Å². The van der Waals surface area contributed by atoms with E-state index in [9.17, 15) is 4.79 Å². The zero-order chi connectivity index (χ0) is 18.5. The number of amides is 2. The second-order valence-corrected chi connectivity index (χ2v) is 5.61. The number of carbonyl (C=O) groups excluding carboxylic acids is 1. The number of ether oxygens (including phenoxy) is 2. The van der Waals surface area contributed by atoms with Gasteiger partial charge in [-0.25, -0.2) is 9.78 Å². The molecule has 2 amide bonds. The lowest BCUT2D eigenvalue weighted by molar-refractivity contribution is 0.253. The van der Waals surface area contributed by atoms with Crippen LogP contribution in [0.3, 0.4) is 0 Å². The Bertz CT molecular complexity index is 943. The molecule has 3 rings (SSSR count). The summed E-state index contributed by atoms with van der Waals surface area (Å²) in [4.78, 5) is 16.6. The standard InChI is InChI=1S/C19H20N4O3/c1-12-10-18(20-15-9-8-13(25-2)11-14(12)15)22-23-19(24)21-16-6-4-5-7-17(16)26-3/h4-11H,1-3H3,(H,20,22)(H2,21,23,24). The van der Waals surface area contributed by atoms with Gasteiger partial charge >= 0.3 is 6.03 Å². The van der Waals surface area contributed by atoms with Gasteiger partial charge in [0.2, 0.25) is 0 Å². The van der Waals surface area contributed by atoms with Gasteiger partial charge in [-0.3, -0.25) is 10.9 Å². The van der Waals surface area contributed by atoms with Crippen LogP contribution in [0.2, 0.25) is 0 Å². The maximum atomic E-state index is 12.1. The number of pyridine rings is 1. The van der Waals surface area contributed by atoms with E-state index in [-0.39, 0.29) is 0 Å². The van der Waals surface area contributed by atoms with E-state index >= 15 is 0 Å². The van der Waals surface area contributed by atoms with Gasteiger partial charge < -0.3 is 14.8 Å². The fourth-order valence-electron chi connectivity index (χ4n) is 2.59. The van der Waals surface area contributed by atoms with Gasteiger partial charge in [-0.05, 0) is 48.9 Å². The maximum absolute atomic E-state index is 12.1. The summed E-state index contributed by atoms with van der Waals surface area (Å²) in [5.74, 6) is 1.89. The number of hydrazine groups is 1. The van der Waals surface area contributed by atoms with Crippen molar-refractivity contribution in [3.63, 3.8) is 0 Å². The zero-order valence-corrected chi connectivity index (χ0v) is 14.8. The van der Waals surface area contributed by atoms with Gasteiger partial charge in [-0.2, -0.15) is 0 Å². The molecule has 0 radical (unpaired) electrons. The number of hydrogen-bond donors (Lipinski definition) is 3. The molecule has 1 aromatic heterocycles. The highest BCUT2D eigenvalue weighted by molar-refractivity contribution is 5.92. The Kier molecular flexibility index (Phi) is 5.07. The van der Waals surface area contributed by atoms with Crippen molar-refractivity contribution < 1.29 is 14.3 Å². The monoisotopic (exact) mass is 352 g/mol. The molecule has 3 aromatic rings. The Morgan fingerprint density at radius 2 is 1.85 bits per heavy atom. The van der Waals surface area contributed by atoms with Crippen LogP contribution >= 0.6 is 0 Å². The van der Waals surface area contributed by atoms with Crippen LogP contribution in [0.4, 0.5) is 16.3 Å². The van der Waals surface area contributed by atoms with E-state index in [1.807, 2.05) is 43.3 Å². The number of urea groups is 1. The molecule has 134 valence electrons. The molecule has 0 unspecified atom stereocenters. The number of aryl methyl sites for hydroxylation is 1. The van der Waals surface area contributed by atoms with E-state index in [4.69, 9.17) is 9.47 Å². The first kappa shape index (κ1) is 17.3. The summed E-state index contributed by atoms with van der Waals surface area (Å²) in [6.07, 6.45) is 0. The van der Waals surface area contributed by atoms with E-state index in [0.717, 1.165) is 22.2 Å². The molecule has 7 heteroatoms. The minimum atomic E-state index is -0.427. The van der Waals surface area contributed by atoms with Crippen LogP contribution in [-0.2, 0) is 0 Å². The number of carbonyl (C=O) groups is 1. The topological polar surface area (TPSA) is 84.5 Å². The van der Waals surface area contributed by atoms with Gasteiger partial charge in [-0.1, -0.05) is 12.1 Å². The number of nitrogens with zero attached hydrogens (tertiary/aromatic N) is 1. The first-order valence-corrected chi connectivity index (χ1v) is 8.02. The van der Waals surface area contributed by atoms with Gasteiger partial charge in [-0.15, -0.1) is 0 Å². The maximum Gasteiger partial charge on any atom is 0.338 e. The highest BCUT2D eigenvalue weighted by Gasteiger charge is 2.08. The first-order chi connectivity index (χ1) is 12.6. The van der Waals surface area contributed by atoms with Crippen LogP contribution in [0.1, 0.15) is 5.56 Å². The highest BCUT2D eigenvalue weighted by Crippen LogP contribution is 2.25. The molecule has 0 saturated carbocycles. The summed E-state index contributed by atoms with van der Waals surface area (Å²) in [7, 11) is 3.18. The third-order valence-electron chi connectivity index (χ3n) is 3.88. The summed E-state index contributed by atoms with van der Waals surface area (Å²) in [5.41, 5.74) is 7.78. The van der Waals surface area contributed by atoms with Crippen molar-refractivity contribution in [1.29, 1.82) is 0 Å². The number of aromatic nitrogens is 1. The predicted octanol–water partition coefficient (Wildman–Crippen LogP) is 3.71. The van der Waals surface area contributed by atoms with Gasteiger partial charge in [0.25, 0.3) is 0 Å². The molecule has 0 aliphatic heterocycles. The van der Waals surface area contributed by atoms with Crippen molar-refractivity contribution in [1.82, 2.24) is 10.4 Å². The van der Waals surface area contributed by atoms with E-state index in [2.05, 4.69) is 21.2 Å². The fraction of sp³-hybridized carbons (Fsp3) is 0.158. The van der Waals surface area contributed by atoms with Crippen molar-refractivity contribution in [2.45, 2.75) is 6.92 Å². The van der Waals surface area contributed by atoms with Gasteiger partial charge in [0.15, 0.2) is 0 Å². The van der Waals surface area contributed by atoms with Crippen molar-refractivity contribution >= 4 is 28.4 Å². The van der Waals surface area contributed by atoms with Gasteiger partial charge in [0.05, 0.1) is 25.4 Å². The van der Waals surface area contributed by atoms with Crippen LogP contribution < -0.4 is 25.6 Å². The second-order valence-electron chi connectivity index (χ2n) is 5.61. The predicted molar refractivity (Wildman–Crippen MR) is 102 cm³/mol. The lowest BCUT2D eigenvalue weighted by Gasteiger charge is -2.13. The quantitative estimate of drug-likeness (QED) is 0.610. The zero-order valence-electron chi connectivity index (χ0n) is 14.8. The molecule has 3 N–H and O–H groups in total. The Labute approximate surface area is 151 Å². The lowest BCUT2D eigenvalue weighted by atomic mass is 10.1. The minimum absolute atomic E-state index is 0.427. The Morgan fingerprint density at radius 1 is 1.04 bits per heavy atom. The lowest BCUT2D eigenvalue weighted by Crippen LogP contribution is -2.34. The number of nitrogens with one attached hydrogen (secondary N) is 3. The summed E-state index contributed by atoms with van der Waals surface area (Å²) < 4.78 is 10.4. The van der Waals surface area contributed by atoms with Crippen LogP contribution in [0.15, 0.2) is 48.5 Å². The van der Waals surface area contributed by atoms with Gasteiger partial charge in [0.1, 0.15) is 17.3 Å². The number of fused-ring (bicyclic) bond motifs is 1. The second kappa shape index (κ2) is 7.60. The molecule has 1 heterocycles. The molecular weight excluding hydrogens is 332 g/mol. The molecule has 0 bridgehead atoms. The summed E-state index contributed by atoms with van der Waals surface area (Å²) in [6.45, 7) is 1.98. The Balaban J connectivity index is 1.70. The van der Waals surface area contributed by atoms with E-state index < -0.39 is 6.03 Å². The van der Waals surface area contributed by atoms with Crippen molar-refractivity contribution in [2.75, 3.05) is 25.0 Å². The largest absolute Gasteiger partial charge is 0.497 e. The van der Waals surface area contributed by atoms with E-state index in [1.54, 1.807) is 26.4 Å². The molecule has 0 saturated heterocycles. The average Bonchev–Trinajstić information content (AvgIpc) is 2.66. The average molecular weight is 352 g/mol. The van der Waals surface area contributed by atoms with Crippen LogP contribution in [-0.4, -0.2) is 25.2 Å². The van der Waals surface area contributed by atoms with Crippen molar-refractivity contribution in [3.8, 4) is 11.5 Å². The normalized spacial score (nSPS) is 10.3. The Hall–Kier alpha value is -3.48. The number of hydrogen-bond acceptors (Lipinski definition) is 5. The van der Waals surface area contributed by atoms with Crippen molar-refractivity contribution in [2.24, 2.45) is 0 Å². The highest BCUT2D eigenvalue weighted by atomic mass is 16.5. The Morgan fingerprint density at radius 3 is 2.62 bits per heavy atom. The summed E-state index contributed by atoms with van der Waals surface area (Å²) in [6, 6.07) is 14.3. The minimum Gasteiger partial charge on any atom is -0.497 e. The third kappa shape index (κ3) is 3.77. The molecule has 26 heavy (non-hydrogen) atoms. The van der Waals surface area contributed by atoms with Crippen LogP contribution in [0.5, 0.6) is 11.5 Å². The molecule has 0 fully saturated rings. The molecule has 0 spiro atoms. The number of benzene rings is 2. The molecule has 0 aliphatic carbocycles. The van der Waals surface area contributed by atoms with E-state index in [1.165, 1.54) is 0 Å². The third-order valence-corrected chi connectivity index (χ3v) is 3.88. The number of anilines is 2. The van der Waals surface area contributed by atoms with Crippen LogP contribution in [0.25, 0.3) is 10.9 Å². The van der Waals surface area contributed by atoms with Crippen molar-refractivity contribution in [3.05, 3.63) is 54.1 Å². The number of para-hydroxylation sites is 2. The van der Waals surface area contributed by atoms with Gasteiger partial charge in [0, 0.05) is 5.39 Å². The summed E-state index contributed by atoms with van der Waals surface area (Å²) >= 11 is 0. The molecular formula is C19H20N4O3. The molecule has 7 nitrogen and oxygen atoms in total. The molecule has 2 aromatic carbocycles. The number of methoxy groups -OCH3 is 2. The molecule has 0 aliphatic rings. The smallest absolute Gasteiger partial charge is 0.338 e. The molecule has 0 atom stereocenters.